The first-order valence-electron chi connectivity index (χ1n) is 9.71. The lowest BCUT2D eigenvalue weighted by Crippen LogP contribution is -2.24. The quantitative estimate of drug-likeness (QED) is 0.342. The zero-order valence-corrected chi connectivity index (χ0v) is 18.9. The molecule has 0 radical (unpaired) electrons. The van der Waals surface area contributed by atoms with Gasteiger partial charge < -0.3 is 14.2 Å². The minimum absolute atomic E-state index is 0.160. The number of nitrogens with one attached hydrogen (secondary N) is 1. The van der Waals surface area contributed by atoms with E-state index < -0.39 is 0 Å². The van der Waals surface area contributed by atoms with Crippen molar-refractivity contribution in [3.8, 4) is 28.4 Å². The fourth-order valence-electron chi connectivity index (χ4n) is 2.82. The summed E-state index contributed by atoms with van der Waals surface area (Å²) >= 11 is 3.50. The lowest BCUT2D eigenvalue weighted by atomic mass is 10.1. The van der Waals surface area contributed by atoms with Crippen molar-refractivity contribution < 1.29 is 19.0 Å². The van der Waals surface area contributed by atoms with Crippen LogP contribution in [0.4, 0.5) is 0 Å². The summed E-state index contributed by atoms with van der Waals surface area (Å²) in [6.45, 7) is 2.29. The van der Waals surface area contributed by atoms with Crippen LogP contribution in [0.15, 0.2) is 76.3 Å². The standard InChI is InChI=1S/C24H23BrN2O4/c1-3-30-22-11-9-17(13-23(22)29-2)15-26-27-24(28)16-31-21-12-10-19(14-20(21)25)18-7-5-4-6-8-18/h4-15H,3,16H2,1-2H3,(H,27,28)/b26-15+. The number of carbonyl (C=O) groups is 1. The van der Waals surface area contributed by atoms with Gasteiger partial charge in [-0.05, 0) is 69.9 Å². The van der Waals surface area contributed by atoms with E-state index in [0.717, 1.165) is 21.2 Å². The average Bonchev–Trinajstić information content (AvgIpc) is 2.80. The van der Waals surface area contributed by atoms with E-state index in [-0.39, 0.29) is 12.5 Å². The Balaban J connectivity index is 1.53. The van der Waals surface area contributed by atoms with Gasteiger partial charge in [0.1, 0.15) is 5.75 Å². The molecule has 0 atom stereocenters. The van der Waals surface area contributed by atoms with Gasteiger partial charge in [0.2, 0.25) is 0 Å². The van der Waals surface area contributed by atoms with Gasteiger partial charge in [-0.2, -0.15) is 5.10 Å². The second-order valence-electron chi connectivity index (χ2n) is 6.44. The monoisotopic (exact) mass is 482 g/mol. The van der Waals surface area contributed by atoms with Crippen LogP contribution in [0.2, 0.25) is 0 Å². The summed E-state index contributed by atoms with van der Waals surface area (Å²) in [4.78, 5) is 12.1. The zero-order valence-electron chi connectivity index (χ0n) is 17.3. The summed E-state index contributed by atoms with van der Waals surface area (Å²) in [5, 5.41) is 3.97. The summed E-state index contributed by atoms with van der Waals surface area (Å²) in [5.74, 6) is 1.47. The van der Waals surface area contributed by atoms with E-state index in [9.17, 15) is 4.79 Å². The molecular formula is C24H23BrN2O4. The maximum absolute atomic E-state index is 12.1. The summed E-state index contributed by atoms with van der Waals surface area (Å²) < 4.78 is 17.2. The van der Waals surface area contributed by atoms with Crippen LogP contribution in [0.25, 0.3) is 11.1 Å². The Kier molecular flexibility index (Phi) is 8.06. The van der Waals surface area contributed by atoms with Gasteiger partial charge in [0.05, 0.1) is 24.4 Å². The van der Waals surface area contributed by atoms with E-state index in [1.54, 1.807) is 19.2 Å². The number of ether oxygens (including phenoxy) is 3. The summed E-state index contributed by atoms with van der Waals surface area (Å²) in [6, 6.07) is 21.2. The maximum atomic E-state index is 12.1. The highest BCUT2D eigenvalue weighted by molar-refractivity contribution is 9.10. The number of hydrogen-bond donors (Lipinski definition) is 1. The molecule has 0 aliphatic carbocycles. The second kappa shape index (κ2) is 11.2. The molecule has 160 valence electrons. The molecule has 0 aliphatic rings. The molecule has 0 heterocycles. The average molecular weight is 483 g/mol. The molecular weight excluding hydrogens is 460 g/mol. The van der Waals surface area contributed by atoms with Crippen molar-refractivity contribution in [2.24, 2.45) is 5.10 Å². The highest BCUT2D eigenvalue weighted by Gasteiger charge is 2.08. The molecule has 3 rings (SSSR count). The van der Waals surface area contributed by atoms with Crippen molar-refractivity contribution in [1.29, 1.82) is 0 Å². The Hall–Kier alpha value is -3.32. The lowest BCUT2D eigenvalue weighted by molar-refractivity contribution is -0.123. The van der Waals surface area contributed by atoms with Crippen molar-refractivity contribution in [2.75, 3.05) is 20.3 Å². The number of amides is 1. The fourth-order valence-corrected chi connectivity index (χ4v) is 3.31. The van der Waals surface area contributed by atoms with E-state index in [1.165, 1.54) is 6.21 Å². The topological polar surface area (TPSA) is 69.2 Å². The predicted molar refractivity (Wildman–Crippen MR) is 125 cm³/mol. The Bertz CT molecular complexity index is 1050. The van der Waals surface area contributed by atoms with Crippen LogP contribution < -0.4 is 19.6 Å². The van der Waals surface area contributed by atoms with Crippen molar-refractivity contribution in [1.82, 2.24) is 5.43 Å². The van der Waals surface area contributed by atoms with Gasteiger partial charge in [-0.25, -0.2) is 5.43 Å². The van der Waals surface area contributed by atoms with E-state index in [0.29, 0.717) is 23.9 Å². The summed E-state index contributed by atoms with van der Waals surface area (Å²) in [7, 11) is 1.57. The van der Waals surface area contributed by atoms with Crippen LogP contribution in [0.5, 0.6) is 17.2 Å². The third-order valence-corrected chi connectivity index (χ3v) is 4.91. The maximum Gasteiger partial charge on any atom is 0.277 e. The van der Waals surface area contributed by atoms with Crippen LogP contribution in [0.3, 0.4) is 0 Å². The molecule has 7 heteroatoms. The van der Waals surface area contributed by atoms with Crippen molar-refractivity contribution in [2.45, 2.75) is 6.92 Å². The molecule has 3 aromatic carbocycles. The van der Waals surface area contributed by atoms with E-state index in [4.69, 9.17) is 14.2 Å². The van der Waals surface area contributed by atoms with Gasteiger partial charge in [-0.3, -0.25) is 4.79 Å². The first-order chi connectivity index (χ1) is 15.1. The molecule has 6 nitrogen and oxygen atoms in total. The molecule has 0 aliphatic heterocycles. The Morgan fingerprint density at radius 2 is 1.74 bits per heavy atom. The Morgan fingerprint density at radius 1 is 0.968 bits per heavy atom. The molecule has 1 amide bonds. The molecule has 3 aromatic rings. The molecule has 1 N–H and O–H groups in total. The van der Waals surface area contributed by atoms with Gasteiger partial charge in [-0.1, -0.05) is 36.4 Å². The number of carbonyl (C=O) groups excluding carboxylic acids is 1. The van der Waals surface area contributed by atoms with Gasteiger partial charge in [-0.15, -0.1) is 0 Å². The van der Waals surface area contributed by atoms with Crippen LogP contribution >= 0.6 is 15.9 Å². The van der Waals surface area contributed by atoms with Crippen molar-refractivity contribution >= 4 is 28.1 Å². The smallest absolute Gasteiger partial charge is 0.277 e. The first kappa shape index (κ1) is 22.4. The number of hydrazone groups is 1. The van der Waals surface area contributed by atoms with Crippen LogP contribution in [0.1, 0.15) is 12.5 Å². The summed E-state index contributed by atoms with van der Waals surface area (Å²) in [6.07, 6.45) is 1.53. The molecule has 0 unspecified atom stereocenters. The van der Waals surface area contributed by atoms with Crippen LogP contribution in [-0.2, 0) is 4.79 Å². The third kappa shape index (κ3) is 6.33. The minimum Gasteiger partial charge on any atom is -0.493 e. The second-order valence-corrected chi connectivity index (χ2v) is 7.29. The molecule has 0 bridgehead atoms. The van der Waals surface area contributed by atoms with E-state index in [2.05, 4.69) is 26.5 Å². The molecule has 0 saturated heterocycles. The fraction of sp³-hybridized carbons (Fsp3) is 0.167. The number of rotatable bonds is 9. The van der Waals surface area contributed by atoms with Gasteiger partial charge in [0.15, 0.2) is 18.1 Å². The van der Waals surface area contributed by atoms with Gasteiger partial charge >= 0.3 is 0 Å². The number of benzene rings is 3. The number of halogens is 1. The van der Waals surface area contributed by atoms with Crippen LogP contribution in [-0.4, -0.2) is 32.4 Å². The highest BCUT2D eigenvalue weighted by atomic mass is 79.9. The molecule has 31 heavy (non-hydrogen) atoms. The Labute approximate surface area is 190 Å². The third-order valence-electron chi connectivity index (χ3n) is 4.29. The minimum atomic E-state index is -0.367. The highest BCUT2D eigenvalue weighted by Crippen LogP contribution is 2.30. The number of hydrogen-bond acceptors (Lipinski definition) is 5. The first-order valence-corrected chi connectivity index (χ1v) is 10.5. The molecule has 0 saturated carbocycles. The predicted octanol–water partition coefficient (Wildman–Crippen LogP) is 5.05. The van der Waals surface area contributed by atoms with Crippen LogP contribution in [0, 0.1) is 0 Å². The molecule has 0 spiro atoms. The molecule has 0 fully saturated rings. The normalized spacial score (nSPS) is 10.7. The number of nitrogens with zero attached hydrogens (tertiary/aromatic N) is 1. The van der Waals surface area contributed by atoms with Gasteiger partial charge in [0.25, 0.3) is 5.91 Å². The zero-order chi connectivity index (χ0) is 22.1. The lowest BCUT2D eigenvalue weighted by Gasteiger charge is -2.10. The van der Waals surface area contributed by atoms with E-state index in [1.807, 2.05) is 61.5 Å². The number of methoxy groups -OCH3 is 1. The summed E-state index contributed by atoms with van der Waals surface area (Å²) in [5.41, 5.74) is 5.38. The van der Waals surface area contributed by atoms with Crippen molar-refractivity contribution in [3.63, 3.8) is 0 Å². The Morgan fingerprint density at radius 3 is 2.45 bits per heavy atom. The van der Waals surface area contributed by atoms with Gasteiger partial charge in [0, 0.05) is 0 Å². The SMILES string of the molecule is CCOc1ccc(/C=N/NC(=O)COc2ccc(-c3ccccc3)cc2Br)cc1OC. The van der Waals surface area contributed by atoms with Crippen molar-refractivity contribution in [3.05, 3.63) is 76.8 Å². The molecule has 0 aromatic heterocycles. The van der Waals surface area contributed by atoms with E-state index >= 15 is 0 Å². The largest absolute Gasteiger partial charge is 0.493 e.